The molecule has 0 atom stereocenters. The van der Waals surface area contributed by atoms with Crippen molar-refractivity contribution in [2.75, 3.05) is 43.6 Å². The quantitative estimate of drug-likeness (QED) is 0.474. The topological polar surface area (TPSA) is 76.8 Å². The van der Waals surface area contributed by atoms with Gasteiger partial charge < -0.3 is 24.2 Å². The van der Waals surface area contributed by atoms with Crippen LogP contribution in [0.1, 0.15) is 32.9 Å². The third-order valence-electron chi connectivity index (χ3n) is 6.01. The van der Waals surface area contributed by atoms with Crippen LogP contribution in [0.4, 0.5) is 5.69 Å². The number of methoxy groups -OCH3 is 1. The van der Waals surface area contributed by atoms with Crippen molar-refractivity contribution >= 4 is 23.4 Å². The van der Waals surface area contributed by atoms with Crippen molar-refractivity contribution < 1.29 is 18.8 Å². The van der Waals surface area contributed by atoms with Crippen LogP contribution in [-0.4, -0.2) is 54.2 Å². The maximum absolute atomic E-state index is 12.8. The number of thioether (sulfide) groups is 1. The second kappa shape index (κ2) is 11.4. The van der Waals surface area contributed by atoms with E-state index in [0.717, 1.165) is 35.7 Å². The van der Waals surface area contributed by atoms with Crippen LogP contribution in [-0.2, 0) is 13.0 Å². The average Bonchev–Trinajstić information content (AvgIpc) is 3.19. The minimum Gasteiger partial charge on any atom is -0.493 e. The van der Waals surface area contributed by atoms with Crippen molar-refractivity contribution in [3.8, 4) is 11.5 Å². The Morgan fingerprint density at radius 1 is 1.12 bits per heavy atom. The highest BCUT2D eigenvalue weighted by Gasteiger charge is 2.15. The summed E-state index contributed by atoms with van der Waals surface area (Å²) in [7, 11) is 1.56. The summed E-state index contributed by atoms with van der Waals surface area (Å²) >= 11 is 2.03. The molecule has 4 rings (SSSR count). The number of benzene rings is 2. The van der Waals surface area contributed by atoms with Gasteiger partial charge in [0.25, 0.3) is 5.91 Å². The zero-order valence-corrected chi connectivity index (χ0v) is 20.7. The Bertz CT molecular complexity index is 1090. The van der Waals surface area contributed by atoms with Crippen molar-refractivity contribution in [2.24, 2.45) is 0 Å². The van der Waals surface area contributed by atoms with Crippen molar-refractivity contribution in [3.63, 3.8) is 0 Å². The van der Waals surface area contributed by atoms with Crippen molar-refractivity contribution in [2.45, 2.75) is 26.9 Å². The van der Waals surface area contributed by atoms with Gasteiger partial charge in [-0.2, -0.15) is 11.8 Å². The average molecular weight is 482 g/mol. The molecular weight excluding hydrogens is 450 g/mol. The van der Waals surface area contributed by atoms with Gasteiger partial charge in [0.1, 0.15) is 12.4 Å². The van der Waals surface area contributed by atoms with Gasteiger partial charge in [0.2, 0.25) is 0 Å². The van der Waals surface area contributed by atoms with E-state index >= 15 is 0 Å². The molecule has 0 spiro atoms. The number of anilines is 1. The molecule has 2 heterocycles. The minimum atomic E-state index is -0.200. The summed E-state index contributed by atoms with van der Waals surface area (Å²) in [5.41, 5.74) is 4.23. The molecule has 1 aliphatic heterocycles. The molecular formula is C26H31N3O4S. The third kappa shape index (κ3) is 6.12. The van der Waals surface area contributed by atoms with E-state index in [4.69, 9.17) is 14.0 Å². The molecule has 34 heavy (non-hydrogen) atoms. The van der Waals surface area contributed by atoms with Gasteiger partial charge in [-0.3, -0.25) is 4.79 Å². The van der Waals surface area contributed by atoms with Crippen molar-refractivity contribution in [1.29, 1.82) is 0 Å². The normalized spacial score (nSPS) is 14.1. The summed E-state index contributed by atoms with van der Waals surface area (Å²) in [5.74, 6) is 4.02. The number of rotatable bonds is 9. The molecule has 1 N–H and O–H groups in total. The minimum absolute atomic E-state index is 0.200. The standard InChI is InChI=1S/C26H31N3O4S/c1-18-23(19(2)33-28-18)17-32-24-9-6-21(16-25(24)31-3)26(30)27-22-7-4-20(5-8-22)10-11-29-12-14-34-15-13-29/h4-9,16H,10-15,17H2,1-3H3,(H,27,30). The fourth-order valence-electron chi connectivity index (χ4n) is 3.86. The molecule has 8 heteroatoms. The van der Waals surface area contributed by atoms with Crippen LogP contribution >= 0.6 is 11.8 Å². The number of aryl methyl sites for hydroxylation is 2. The number of aromatic nitrogens is 1. The predicted molar refractivity (Wildman–Crippen MR) is 135 cm³/mol. The third-order valence-corrected chi connectivity index (χ3v) is 6.95. The van der Waals surface area contributed by atoms with Crippen LogP contribution in [0.3, 0.4) is 0 Å². The van der Waals surface area contributed by atoms with E-state index in [0.29, 0.717) is 23.7 Å². The highest BCUT2D eigenvalue weighted by Crippen LogP contribution is 2.30. The Hall–Kier alpha value is -2.97. The van der Waals surface area contributed by atoms with Gasteiger partial charge in [0.15, 0.2) is 11.5 Å². The van der Waals surface area contributed by atoms with Gasteiger partial charge in [0, 0.05) is 42.4 Å². The number of hydrogen-bond donors (Lipinski definition) is 1. The smallest absolute Gasteiger partial charge is 0.255 e. The molecule has 0 radical (unpaired) electrons. The predicted octanol–water partition coefficient (Wildman–Crippen LogP) is 4.72. The zero-order valence-electron chi connectivity index (χ0n) is 19.9. The molecule has 1 fully saturated rings. The highest BCUT2D eigenvalue weighted by atomic mass is 32.2. The van der Waals surface area contributed by atoms with Gasteiger partial charge in [-0.1, -0.05) is 17.3 Å². The number of ether oxygens (including phenoxy) is 2. The monoisotopic (exact) mass is 481 g/mol. The molecule has 1 aromatic heterocycles. The summed E-state index contributed by atoms with van der Waals surface area (Å²) in [6.07, 6.45) is 1.02. The fraction of sp³-hybridized carbons (Fsp3) is 0.385. The molecule has 2 aromatic carbocycles. The number of nitrogens with one attached hydrogen (secondary N) is 1. The van der Waals surface area contributed by atoms with Gasteiger partial charge >= 0.3 is 0 Å². The second-order valence-electron chi connectivity index (χ2n) is 8.31. The second-order valence-corrected chi connectivity index (χ2v) is 9.54. The molecule has 1 saturated heterocycles. The summed E-state index contributed by atoms with van der Waals surface area (Å²) in [4.78, 5) is 15.3. The van der Waals surface area contributed by atoms with Crippen LogP contribution < -0.4 is 14.8 Å². The van der Waals surface area contributed by atoms with E-state index in [1.165, 1.54) is 30.2 Å². The molecule has 0 saturated carbocycles. The van der Waals surface area contributed by atoms with Crippen LogP contribution in [0.15, 0.2) is 47.0 Å². The van der Waals surface area contributed by atoms with Crippen molar-refractivity contribution in [3.05, 3.63) is 70.6 Å². The first-order valence-corrected chi connectivity index (χ1v) is 12.6. The molecule has 3 aromatic rings. The van der Waals surface area contributed by atoms with Gasteiger partial charge in [-0.05, 0) is 56.2 Å². The highest BCUT2D eigenvalue weighted by molar-refractivity contribution is 7.99. The lowest BCUT2D eigenvalue weighted by Crippen LogP contribution is -2.34. The first kappa shape index (κ1) is 24.2. The maximum atomic E-state index is 12.8. The lowest BCUT2D eigenvalue weighted by atomic mass is 10.1. The zero-order chi connectivity index (χ0) is 23.9. The van der Waals surface area contributed by atoms with E-state index in [2.05, 4.69) is 27.5 Å². The van der Waals surface area contributed by atoms with Crippen LogP contribution in [0.5, 0.6) is 11.5 Å². The lowest BCUT2D eigenvalue weighted by molar-refractivity contribution is 0.102. The van der Waals surface area contributed by atoms with Gasteiger partial charge in [-0.25, -0.2) is 0 Å². The Balaban J connectivity index is 1.34. The SMILES string of the molecule is COc1cc(C(=O)Nc2ccc(CCN3CCSCC3)cc2)ccc1OCc1c(C)noc1C. The maximum Gasteiger partial charge on any atom is 0.255 e. The number of nitrogens with zero attached hydrogens (tertiary/aromatic N) is 2. The Morgan fingerprint density at radius 2 is 1.88 bits per heavy atom. The van der Waals surface area contributed by atoms with E-state index in [9.17, 15) is 4.79 Å². The summed E-state index contributed by atoms with van der Waals surface area (Å²) in [6.45, 7) is 7.46. The van der Waals surface area contributed by atoms with E-state index < -0.39 is 0 Å². The van der Waals surface area contributed by atoms with Crippen molar-refractivity contribution in [1.82, 2.24) is 10.1 Å². The van der Waals surface area contributed by atoms with Gasteiger partial charge in [0.05, 0.1) is 18.4 Å². The summed E-state index contributed by atoms with van der Waals surface area (Å²) in [5, 5.41) is 6.90. The first-order valence-electron chi connectivity index (χ1n) is 11.5. The fourth-order valence-corrected chi connectivity index (χ4v) is 4.83. The molecule has 0 unspecified atom stereocenters. The van der Waals surface area contributed by atoms with E-state index in [1.54, 1.807) is 25.3 Å². The van der Waals surface area contributed by atoms with E-state index in [1.807, 2.05) is 37.7 Å². The summed E-state index contributed by atoms with van der Waals surface area (Å²) in [6, 6.07) is 13.2. The Morgan fingerprint density at radius 3 is 2.56 bits per heavy atom. The van der Waals surface area contributed by atoms with Crippen LogP contribution in [0.2, 0.25) is 0 Å². The van der Waals surface area contributed by atoms with E-state index in [-0.39, 0.29) is 5.91 Å². The van der Waals surface area contributed by atoms with Crippen LogP contribution in [0, 0.1) is 13.8 Å². The molecule has 0 bridgehead atoms. The molecule has 7 nitrogen and oxygen atoms in total. The number of hydrogen-bond acceptors (Lipinski definition) is 7. The molecule has 180 valence electrons. The summed E-state index contributed by atoms with van der Waals surface area (Å²) < 4.78 is 16.5. The Labute approximate surface area is 204 Å². The molecule has 0 aliphatic carbocycles. The van der Waals surface area contributed by atoms with Gasteiger partial charge in [-0.15, -0.1) is 0 Å². The molecule has 1 aliphatic rings. The lowest BCUT2D eigenvalue weighted by Gasteiger charge is -2.26. The number of carbonyl (C=O) groups excluding carboxylic acids is 1. The number of amides is 1. The molecule has 1 amide bonds. The van der Waals surface area contributed by atoms with Crippen LogP contribution in [0.25, 0.3) is 0 Å². The number of carbonyl (C=O) groups is 1. The Kier molecular flexibility index (Phi) is 8.13. The largest absolute Gasteiger partial charge is 0.493 e. The first-order chi connectivity index (χ1) is 16.5.